The normalized spacial score (nSPS) is 6.21. The van der Waals surface area contributed by atoms with Crippen molar-refractivity contribution in [1.82, 2.24) is 0 Å². The number of hydrogen-bond acceptors (Lipinski definition) is 7. The third kappa shape index (κ3) is 1350. The summed E-state index contributed by atoms with van der Waals surface area (Å²) in [5, 5.41) is 26.9. The van der Waals surface area contributed by atoms with Crippen molar-refractivity contribution in [3.05, 3.63) is 0 Å². The molecule has 0 aromatic rings. The molecule has 0 aliphatic heterocycles. The Bertz CT molecular complexity index is 152. The molecule has 0 fully saturated rings. The number of carbonyl (C=O) groups is 3. The molecule has 0 aliphatic carbocycles. The summed E-state index contributed by atoms with van der Waals surface area (Å²) in [4.78, 5) is 26.9. The second-order valence-electron chi connectivity index (χ2n) is 1.56. The number of carboxylic acid groups (broad SMARTS) is 3. The van der Waals surface area contributed by atoms with Crippen LogP contribution >= 0.6 is 0 Å². The van der Waals surface area contributed by atoms with Gasteiger partial charge in [-0.15, -0.1) is 0 Å². The van der Waals surface area contributed by atoms with Gasteiger partial charge in [0, 0.05) is 18.5 Å². The summed E-state index contributed by atoms with van der Waals surface area (Å²) in [6.45, 7) is 1.56. The molecule has 0 amide bonds. The van der Waals surface area contributed by atoms with Gasteiger partial charge in [0.2, 0.25) is 0 Å². The van der Waals surface area contributed by atoms with E-state index in [9.17, 15) is 0 Å². The molecule has 0 rings (SSSR count). The van der Waals surface area contributed by atoms with Crippen LogP contribution in [0.2, 0.25) is 0 Å². The Morgan fingerprint density at radius 1 is 1.00 bits per heavy atom. The van der Waals surface area contributed by atoms with Crippen LogP contribution in [0.1, 0.15) is 13.8 Å². The first-order valence-electron chi connectivity index (χ1n) is 2.99. The zero-order valence-corrected chi connectivity index (χ0v) is 8.69. The van der Waals surface area contributed by atoms with Crippen molar-refractivity contribution in [2.75, 3.05) is 6.54 Å². The Morgan fingerprint density at radius 3 is 1.07 bits per heavy atom. The van der Waals surface area contributed by atoms with Crippen LogP contribution in [0.15, 0.2) is 0 Å². The predicted octanol–water partition coefficient (Wildman–Crippen LogP) is -4.80. The summed E-state index contributed by atoms with van der Waals surface area (Å²) in [6.07, 6.45) is 0. The van der Waals surface area contributed by atoms with Crippen molar-refractivity contribution in [3.63, 3.8) is 0 Å². The Labute approximate surface area is 91.4 Å². The van der Waals surface area contributed by atoms with Crippen molar-refractivity contribution in [2.24, 2.45) is 5.73 Å². The number of nitrogens with two attached hydrogens (primary N) is 1. The zero-order valence-electron chi connectivity index (χ0n) is 7.59. The van der Waals surface area contributed by atoms with Crippen LogP contribution in [0.5, 0.6) is 0 Å². The Hall–Kier alpha value is -1.11. The number of hydrogen-bond donors (Lipinski definition) is 1. The van der Waals surface area contributed by atoms with E-state index in [4.69, 9.17) is 29.7 Å². The summed E-state index contributed by atoms with van der Waals surface area (Å²) in [5.41, 5.74) is 4.51. The molecule has 0 aromatic heterocycles. The van der Waals surface area contributed by atoms with Gasteiger partial charge in [0.1, 0.15) is 0 Å². The van der Waals surface area contributed by atoms with Crippen molar-refractivity contribution in [3.8, 4) is 0 Å². The van der Waals surface area contributed by atoms with Gasteiger partial charge >= 0.3 is 17.1 Å². The van der Waals surface area contributed by atoms with E-state index >= 15 is 0 Å². The Morgan fingerprint density at radius 2 is 1.07 bits per heavy atom. The van der Waals surface area contributed by atoms with Crippen LogP contribution in [0.3, 0.4) is 0 Å². The van der Waals surface area contributed by atoms with Gasteiger partial charge in [-0.25, -0.2) is 0 Å². The molecule has 0 aromatic carbocycles. The molecule has 1 radical (unpaired) electrons. The fourth-order valence-electron chi connectivity index (χ4n) is 0. The molecule has 0 aliphatic rings. The molecule has 0 saturated carbocycles. The van der Waals surface area contributed by atoms with E-state index in [-0.39, 0.29) is 23.6 Å². The van der Waals surface area contributed by atoms with Crippen molar-refractivity contribution in [2.45, 2.75) is 13.8 Å². The number of rotatable bonds is 1. The van der Waals surface area contributed by atoms with Crippen LogP contribution in [-0.2, 0) is 31.5 Å². The summed E-state index contributed by atoms with van der Waals surface area (Å²) in [6, 6.07) is 0. The van der Waals surface area contributed by atoms with Gasteiger partial charge in [0.25, 0.3) is 0 Å². The van der Waals surface area contributed by atoms with Crippen LogP contribution in [0, 0.1) is 0 Å². The van der Waals surface area contributed by atoms with Crippen molar-refractivity contribution < 1.29 is 46.8 Å². The molecule has 0 spiro atoms. The SMILES string of the molecule is CC(=O)[O-].CC(=O)[O-].NCC(=O)[O-].[Fe+3]. The smallest absolute Gasteiger partial charge is 0.550 e. The average molecular weight is 248 g/mol. The molecule has 0 heterocycles. The fraction of sp³-hybridized carbons (Fsp3) is 0.500. The van der Waals surface area contributed by atoms with E-state index in [1.807, 2.05) is 0 Å². The third-order valence-corrected chi connectivity index (χ3v) is 0.167. The maximum Gasteiger partial charge on any atom is 3.00 e. The largest absolute Gasteiger partial charge is 3.00 e. The van der Waals surface area contributed by atoms with E-state index in [2.05, 4.69) is 5.73 Å². The van der Waals surface area contributed by atoms with Gasteiger partial charge in [-0.2, -0.15) is 0 Å². The van der Waals surface area contributed by atoms with Crippen LogP contribution in [0.4, 0.5) is 0 Å². The monoisotopic (exact) mass is 248 g/mol. The molecular formula is C6H10FeNO6. The van der Waals surface area contributed by atoms with Crippen LogP contribution in [-0.4, -0.2) is 24.5 Å². The molecule has 0 atom stereocenters. The van der Waals surface area contributed by atoms with Crippen molar-refractivity contribution >= 4 is 17.9 Å². The minimum Gasteiger partial charge on any atom is -0.550 e. The molecule has 2 N–H and O–H groups in total. The quantitative estimate of drug-likeness (QED) is 0.458. The molecule has 0 unspecified atom stereocenters. The second kappa shape index (κ2) is 17.8. The van der Waals surface area contributed by atoms with Gasteiger partial charge in [-0.1, -0.05) is 0 Å². The van der Waals surface area contributed by atoms with E-state index in [1.54, 1.807) is 0 Å². The summed E-state index contributed by atoms with van der Waals surface area (Å²) in [5.74, 6) is -3.38. The first kappa shape index (κ1) is 23.1. The number of carboxylic acids is 3. The molecule has 7 nitrogen and oxygen atoms in total. The summed E-state index contributed by atoms with van der Waals surface area (Å²) >= 11 is 0. The molecule has 83 valence electrons. The topological polar surface area (TPSA) is 146 Å². The van der Waals surface area contributed by atoms with Crippen LogP contribution < -0.4 is 21.1 Å². The first-order valence-corrected chi connectivity index (χ1v) is 2.99. The van der Waals surface area contributed by atoms with Gasteiger partial charge in [-0.05, 0) is 13.8 Å². The Kier molecular flexibility index (Phi) is 29.4. The van der Waals surface area contributed by atoms with Gasteiger partial charge in [0.15, 0.2) is 0 Å². The predicted molar refractivity (Wildman–Crippen MR) is 35.4 cm³/mol. The third-order valence-electron chi connectivity index (χ3n) is 0.167. The number of carbonyl (C=O) groups excluding carboxylic acids is 3. The standard InChI is InChI=1S/C2H5NO2.2C2H4O2.Fe/c3-1-2(4)5;2*1-2(3)4;/h1,3H2,(H,4,5);2*1H3,(H,3,4);/q;;;+3/p-3. The molecule has 0 bridgehead atoms. The minimum atomic E-state index is -1.22. The molecule has 8 heteroatoms. The zero-order chi connectivity index (χ0) is 11.4. The van der Waals surface area contributed by atoms with Crippen LogP contribution in [0.25, 0.3) is 0 Å². The first-order chi connectivity index (χ1) is 5.73. The van der Waals surface area contributed by atoms with E-state index in [0.29, 0.717) is 0 Å². The summed E-state index contributed by atoms with van der Waals surface area (Å²) < 4.78 is 0. The molecule has 14 heavy (non-hydrogen) atoms. The van der Waals surface area contributed by atoms with Gasteiger partial charge in [0.05, 0.1) is 5.97 Å². The maximum atomic E-state index is 9.13. The van der Waals surface area contributed by atoms with E-state index in [0.717, 1.165) is 13.8 Å². The molecule has 0 saturated heterocycles. The minimum absolute atomic E-state index is 0. The van der Waals surface area contributed by atoms with E-state index < -0.39 is 17.9 Å². The van der Waals surface area contributed by atoms with Gasteiger partial charge < -0.3 is 35.4 Å². The van der Waals surface area contributed by atoms with Gasteiger partial charge in [-0.3, -0.25) is 0 Å². The maximum absolute atomic E-state index is 9.13. The average Bonchev–Trinajstić information content (AvgIpc) is 1.84. The Balaban J connectivity index is -0.0000000522. The van der Waals surface area contributed by atoms with E-state index in [1.165, 1.54) is 0 Å². The summed E-state index contributed by atoms with van der Waals surface area (Å²) in [7, 11) is 0. The van der Waals surface area contributed by atoms with Crippen molar-refractivity contribution in [1.29, 1.82) is 0 Å². The molecular weight excluding hydrogens is 238 g/mol. The fourth-order valence-corrected chi connectivity index (χ4v) is 0. The second-order valence-corrected chi connectivity index (χ2v) is 1.56. The number of aliphatic carboxylic acids is 3.